The number of para-hydroxylation sites is 1. The number of benzene rings is 2. The Bertz CT molecular complexity index is 608. The molecular formula is C16H18N2S. The summed E-state index contributed by atoms with van der Waals surface area (Å²) in [6, 6.07) is 16.6. The summed E-state index contributed by atoms with van der Waals surface area (Å²) >= 11 is 1.73. The second kappa shape index (κ2) is 6.34. The molecule has 98 valence electrons. The molecule has 0 aliphatic heterocycles. The van der Waals surface area contributed by atoms with Crippen LogP contribution in [0.2, 0.25) is 0 Å². The average molecular weight is 270 g/mol. The minimum absolute atomic E-state index is 1.07. The Morgan fingerprint density at radius 1 is 0.947 bits per heavy atom. The van der Waals surface area contributed by atoms with Gasteiger partial charge in [-0.2, -0.15) is 0 Å². The summed E-state index contributed by atoms with van der Waals surface area (Å²) in [5, 5.41) is 4.19. The van der Waals surface area contributed by atoms with Crippen LogP contribution >= 0.6 is 11.3 Å². The Balaban J connectivity index is 0.000000637. The number of fused-ring (bicyclic) bond motifs is 1. The van der Waals surface area contributed by atoms with Crippen LogP contribution in [-0.4, -0.2) is 12.0 Å². The van der Waals surface area contributed by atoms with E-state index in [1.54, 1.807) is 11.3 Å². The van der Waals surface area contributed by atoms with Gasteiger partial charge in [0, 0.05) is 18.3 Å². The molecule has 1 heterocycles. The van der Waals surface area contributed by atoms with Gasteiger partial charge in [-0.25, -0.2) is 4.98 Å². The SMILES string of the molecule is CC.CNc1ccc(-c2nc3ccccc3s2)cc1. The summed E-state index contributed by atoms with van der Waals surface area (Å²) in [7, 11) is 1.92. The molecule has 0 bridgehead atoms. The van der Waals surface area contributed by atoms with E-state index in [-0.39, 0.29) is 0 Å². The van der Waals surface area contributed by atoms with E-state index in [0.717, 1.165) is 16.2 Å². The number of thiazole rings is 1. The molecule has 0 amide bonds. The first kappa shape index (κ1) is 13.6. The molecule has 2 nitrogen and oxygen atoms in total. The maximum absolute atomic E-state index is 4.64. The Morgan fingerprint density at radius 3 is 2.26 bits per heavy atom. The highest BCUT2D eigenvalue weighted by atomic mass is 32.1. The van der Waals surface area contributed by atoms with E-state index >= 15 is 0 Å². The van der Waals surface area contributed by atoms with E-state index in [2.05, 4.69) is 46.7 Å². The summed E-state index contributed by atoms with van der Waals surface area (Å²) in [6.07, 6.45) is 0. The Morgan fingerprint density at radius 2 is 1.63 bits per heavy atom. The summed E-state index contributed by atoms with van der Waals surface area (Å²) in [4.78, 5) is 4.64. The predicted octanol–water partition coefficient (Wildman–Crippen LogP) is 5.03. The number of aromatic nitrogens is 1. The summed E-state index contributed by atoms with van der Waals surface area (Å²) < 4.78 is 1.24. The fourth-order valence-corrected chi connectivity index (χ4v) is 2.75. The van der Waals surface area contributed by atoms with Crippen LogP contribution < -0.4 is 5.32 Å². The predicted molar refractivity (Wildman–Crippen MR) is 86.0 cm³/mol. The lowest BCUT2D eigenvalue weighted by molar-refractivity contribution is 1.46. The van der Waals surface area contributed by atoms with E-state index in [1.807, 2.05) is 33.0 Å². The molecule has 1 aromatic heterocycles. The topological polar surface area (TPSA) is 24.9 Å². The van der Waals surface area contributed by atoms with Gasteiger partial charge in [0.15, 0.2) is 0 Å². The minimum Gasteiger partial charge on any atom is -0.388 e. The van der Waals surface area contributed by atoms with Gasteiger partial charge in [0.1, 0.15) is 5.01 Å². The van der Waals surface area contributed by atoms with Crippen LogP contribution in [0.4, 0.5) is 5.69 Å². The third-order valence-electron chi connectivity index (χ3n) is 2.71. The van der Waals surface area contributed by atoms with Crippen molar-refractivity contribution in [1.82, 2.24) is 4.98 Å². The molecule has 0 unspecified atom stereocenters. The zero-order valence-electron chi connectivity index (χ0n) is 11.5. The van der Waals surface area contributed by atoms with Gasteiger partial charge in [-0.1, -0.05) is 26.0 Å². The van der Waals surface area contributed by atoms with Crippen LogP contribution in [0, 0.1) is 0 Å². The molecule has 3 heteroatoms. The molecule has 0 aliphatic carbocycles. The quantitative estimate of drug-likeness (QED) is 0.706. The van der Waals surface area contributed by atoms with Crippen LogP contribution in [0.3, 0.4) is 0 Å². The third kappa shape index (κ3) is 2.93. The molecule has 1 N–H and O–H groups in total. The highest BCUT2D eigenvalue weighted by Gasteiger charge is 2.05. The first-order valence-electron chi connectivity index (χ1n) is 6.50. The van der Waals surface area contributed by atoms with Crippen molar-refractivity contribution in [1.29, 1.82) is 0 Å². The zero-order valence-corrected chi connectivity index (χ0v) is 12.3. The highest BCUT2D eigenvalue weighted by molar-refractivity contribution is 7.21. The Hall–Kier alpha value is -1.87. The van der Waals surface area contributed by atoms with Crippen molar-refractivity contribution in [2.24, 2.45) is 0 Å². The standard InChI is InChI=1S/C14H12N2S.C2H6/c1-15-11-8-6-10(7-9-11)14-16-12-4-2-3-5-13(12)17-14;1-2/h2-9,15H,1H3;1-2H3. The number of nitrogens with one attached hydrogen (secondary N) is 1. The van der Waals surface area contributed by atoms with Gasteiger partial charge in [0.05, 0.1) is 10.2 Å². The van der Waals surface area contributed by atoms with Gasteiger partial charge < -0.3 is 5.32 Å². The second-order valence-corrected chi connectivity index (χ2v) is 4.84. The van der Waals surface area contributed by atoms with Gasteiger partial charge in [0.2, 0.25) is 0 Å². The number of nitrogens with zero attached hydrogens (tertiary/aromatic N) is 1. The Kier molecular flexibility index (Phi) is 4.53. The minimum atomic E-state index is 1.07. The molecule has 3 rings (SSSR count). The van der Waals surface area contributed by atoms with Crippen molar-refractivity contribution in [3.8, 4) is 10.6 Å². The third-order valence-corrected chi connectivity index (χ3v) is 3.80. The molecule has 0 atom stereocenters. The molecule has 19 heavy (non-hydrogen) atoms. The van der Waals surface area contributed by atoms with Gasteiger partial charge in [0.25, 0.3) is 0 Å². The van der Waals surface area contributed by atoms with E-state index in [9.17, 15) is 0 Å². The van der Waals surface area contributed by atoms with E-state index < -0.39 is 0 Å². The van der Waals surface area contributed by atoms with E-state index in [0.29, 0.717) is 0 Å². The molecule has 0 aliphatic rings. The first-order valence-corrected chi connectivity index (χ1v) is 7.32. The van der Waals surface area contributed by atoms with Crippen molar-refractivity contribution in [2.75, 3.05) is 12.4 Å². The van der Waals surface area contributed by atoms with Gasteiger partial charge in [-0.05, 0) is 36.4 Å². The van der Waals surface area contributed by atoms with Gasteiger partial charge in [-0.3, -0.25) is 0 Å². The van der Waals surface area contributed by atoms with Crippen LogP contribution in [0.1, 0.15) is 13.8 Å². The fraction of sp³-hybridized carbons (Fsp3) is 0.188. The highest BCUT2D eigenvalue weighted by Crippen LogP contribution is 2.30. The lowest BCUT2D eigenvalue weighted by Gasteiger charge is -2.00. The molecule has 0 fully saturated rings. The first-order chi connectivity index (χ1) is 9.36. The van der Waals surface area contributed by atoms with Crippen LogP contribution in [0.5, 0.6) is 0 Å². The lowest BCUT2D eigenvalue weighted by atomic mass is 10.2. The van der Waals surface area contributed by atoms with Crippen molar-refractivity contribution in [2.45, 2.75) is 13.8 Å². The monoisotopic (exact) mass is 270 g/mol. The van der Waals surface area contributed by atoms with Gasteiger partial charge in [-0.15, -0.1) is 11.3 Å². The van der Waals surface area contributed by atoms with E-state index in [1.165, 1.54) is 10.3 Å². The van der Waals surface area contributed by atoms with E-state index in [4.69, 9.17) is 0 Å². The summed E-state index contributed by atoms with van der Waals surface area (Å²) in [6.45, 7) is 4.00. The second-order valence-electron chi connectivity index (χ2n) is 3.81. The molecule has 0 saturated carbocycles. The van der Waals surface area contributed by atoms with Crippen molar-refractivity contribution >= 4 is 27.2 Å². The number of anilines is 1. The molecule has 0 radical (unpaired) electrons. The van der Waals surface area contributed by atoms with Crippen molar-refractivity contribution in [3.63, 3.8) is 0 Å². The number of rotatable bonds is 2. The molecule has 0 spiro atoms. The molecule has 3 aromatic rings. The molecule has 2 aromatic carbocycles. The molecular weight excluding hydrogens is 252 g/mol. The van der Waals surface area contributed by atoms with Crippen LogP contribution in [-0.2, 0) is 0 Å². The summed E-state index contributed by atoms with van der Waals surface area (Å²) in [5.41, 5.74) is 3.37. The van der Waals surface area contributed by atoms with Crippen molar-refractivity contribution in [3.05, 3.63) is 48.5 Å². The maximum atomic E-state index is 4.64. The Labute approximate surface area is 118 Å². The number of hydrogen-bond acceptors (Lipinski definition) is 3. The van der Waals surface area contributed by atoms with Gasteiger partial charge >= 0.3 is 0 Å². The fourth-order valence-electron chi connectivity index (χ4n) is 1.78. The number of hydrogen-bond donors (Lipinski definition) is 1. The van der Waals surface area contributed by atoms with Crippen molar-refractivity contribution < 1.29 is 0 Å². The summed E-state index contributed by atoms with van der Waals surface area (Å²) in [5.74, 6) is 0. The van der Waals surface area contributed by atoms with Crippen LogP contribution in [0.25, 0.3) is 20.8 Å². The smallest absolute Gasteiger partial charge is 0.124 e. The zero-order chi connectivity index (χ0) is 13.7. The molecule has 0 saturated heterocycles. The maximum Gasteiger partial charge on any atom is 0.124 e. The average Bonchev–Trinajstić information content (AvgIpc) is 2.93. The largest absolute Gasteiger partial charge is 0.388 e. The lowest BCUT2D eigenvalue weighted by Crippen LogP contribution is -1.86. The normalized spacial score (nSPS) is 9.84. The van der Waals surface area contributed by atoms with Crippen LogP contribution in [0.15, 0.2) is 48.5 Å².